The number of ether oxygens (including phenoxy) is 2. The highest BCUT2D eigenvalue weighted by atomic mass is 79.9. The number of benzene rings is 3. The van der Waals surface area contributed by atoms with Crippen LogP contribution in [0.2, 0.25) is 5.02 Å². The molecule has 0 aliphatic carbocycles. The summed E-state index contributed by atoms with van der Waals surface area (Å²) >= 11 is 9.63. The highest BCUT2D eigenvalue weighted by Crippen LogP contribution is 2.36. The number of para-hydroxylation sites is 1. The molecule has 0 aliphatic rings. The van der Waals surface area contributed by atoms with Crippen molar-refractivity contribution in [1.82, 2.24) is 5.32 Å². The lowest BCUT2D eigenvalue weighted by molar-refractivity contribution is -0.123. The number of rotatable bonds is 10. The molecule has 6 nitrogen and oxygen atoms in total. The molecule has 3 aromatic carbocycles. The maximum atomic E-state index is 12.2. The Bertz CT molecular complexity index is 1080. The van der Waals surface area contributed by atoms with Gasteiger partial charge in [0.15, 0.2) is 18.1 Å². The van der Waals surface area contributed by atoms with Gasteiger partial charge in [0.2, 0.25) is 0 Å². The topological polar surface area (TPSA) is 71.9 Å². The summed E-state index contributed by atoms with van der Waals surface area (Å²) < 4.78 is 12.1. The minimum absolute atomic E-state index is 0.132. The van der Waals surface area contributed by atoms with E-state index in [4.69, 9.17) is 21.1 Å². The number of nitrogens with one attached hydrogen (secondary N) is 2. The number of nitrogens with zero attached hydrogens (tertiary/aromatic N) is 1. The molecule has 8 heteroatoms. The molecule has 0 saturated carbocycles. The SMILES string of the molecule is CCOc1cc(/C=N\Nc2ccccc2Cl)cc(Br)c1OCC(=O)NCc1ccccc1. The van der Waals surface area contributed by atoms with E-state index in [-0.39, 0.29) is 12.5 Å². The van der Waals surface area contributed by atoms with Crippen molar-refractivity contribution in [3.8, 4) is 11.5 Å². The highest BCUT2D eigenvalue weighted by Gasteiger charge is 2.14. The van der Waals surface area contributed by atoms with Gasteiger partial charge in [-0.15, -0.1) is 0 Å². The summed E-state index contributed by atoms with van der Waals surface area (Å²) in [5.41, 5.74) is 5.41. The number of hydrazone groups is 1. The van der Waals surface area contributed by atoms with Crippen molar-refractivity contribution in [3.63, 3.8) is 0 Å². The maximum absolute atomic E-state index is 12.2. The van der Waals surface area contributed by atoms with E-state index in [0.29, 0.717) is 39.8 Å². The Labute approximate surface area is 200 Å². The van der Waals surface area contributed by atoms with Gasteiger partial charge >= 0.3 is 0 Å². The fraction of sp³-hybridized carbons (Fsp3) is 0.167. The zero-order valence-corrected chi connectivity index (χ0v) is 19.8. The first kappa shape index (κ1) is 23.6. The summed E-state index contributed by atoms with van der Waals surface area (Å²) in [5, 5.41) is 7.65. The van der Waals surface area contributed by atoms with Crippen LogP contribution in [0.3, 0.4) is 0 Å². The van der Waals surface area contributed by atoms with Crippen molar-refractivity contribution < 1.29 is 14.3 Å². The third-order valence-electron chi connectivity index (χ3n) is 4.28. The average Bonchev–Trinajstić information content (AvgIpc) is 2.79. The predicted molar refractivity (Wildman–Crippen MR) is 132 cm³/mol. The molecule has 0 spiro atoms. The van der Waals surface area contributed by atoms with E-state index in [1.54, 1.807) is 18.3 Å². The lowest BCUT2D eigenvalue weighted by atomic mass is 10.2. The number of carbonyl (C=O) groups excluding carboxylic acids is 1. The van der Waals surface area contributed by atoms with Crippen LogP contribution in [0.25, 0.3) is 0 Å². The summed E-state index contributed by atoms with van der Waals surface area (Å²) in [5.74, 6) is 0.743. The van der Waals surface area contributed by atoms with E-state index in [1.165, 1.54) is 0 Å². The zero-order chi connectivity index (χ0) is 22.8. The molecule has 0 radical (unpaired) electrons. The first-order valence-electron chi connectivity index (χ1n) is 10.00. The Balaban J connectivity index is 1.63. The number of hydrogen-bond acceptors (Lipinski definition) is 5. The fourth-order valence-electron chi connectivity index (χ4n) is 2.78. The quantitative estimate of drug-likeness (QED) is 0.270. The lowest BCUT2D eigenvalue weighted by Gasteiger charge is -2.14. The van der Waals surface area contributed by atoms with Crippen LogP contribution in [0.5, 0.6) is 11.5 Å². The van der Waals surface area contributed by atoms with Gasteiger partial charge in [0.05, 0.1) is 28.0 Å². The van der Waals surface area contributed by atoms with E-state index in [2.05, 4.69) is 31.8 Å². The molecule has 0 atom stereocenters. The van der Waals surface area contributed by atoms with Gasteiger partial charge in [-0.25, -0.2) is 0 Å². The summed E-state index contributed by atoms with van der Waals surface area (Å²) in [6, 6.07) is 20.7. The number of halogens is 2. The van der Waals surface area contributed by atoms with Crippen molar-refractivity contribution in [2.75, 3.05) is 18.6 Å². The Morgan fingerprint density at radius 3 is 2.59 bits per heavy atom. The van der Waals surface area contributed by atoms with Gasteiger partial charge in [-0.3, -0.25) is 10.2 Å². The van der Waals surface area contributed by atoms with E-state index in [0.717, 1.165) is 11.1 Å². The Morgan fingerprint density at radius 1 is 1.09 bits per heavy atom. The highest BCUT2D eigenvalue weighted by molar-refractivity contribution is 9.10. The summed E-state index contributed by atoms with van der Waals surface area (Å²) in [6.07, 6.45) is 1.65. The Kier molecular flexibility index (Phi) is 8.95. The van der Waals surface area contributed by atoms with Gasteiger partial charge in [-0.1, -0.05) is 54.1 Å². The normalized spacial score (nSPS) is 10.7. The van der Waals surface area contributed by atoms with E-state index in [9.17, 15) is 4.79 Å². The Morgan fingerprint density at radius 2 is 1.84 bits per heavy atom. The second-order valence-electron chi connectivity index (χ2n) is 6.66. The van der Waals surface area contributed by atoms with Crippen molar-refractivity contribution in [1.29, 1.82) is 0 Å². The molecule has 166 valence electrons. The third kappa shape index (κ3) is 7.00. The number of amides is 1. The van der Waals surface area contributed by atoms with E-state index >= 15 is 0 Å². The van der Waals surface area contributed by atoms with Crippen molar-refractivity contribution in [3.05, 3.63) is 87.4 Å². The van der Waals surface area contributed by atoms with Crippen molar-refractivity contribution in [2.24, 2.45) is 5.10 Å². The van der Waals surface area contributed by atoms with Crippen molar-refractivity contribution in [2.45, 2.75) is 13.5 Å². The molecular formula is C24H23BrClN3O3. The van der Waals surface area contributed by atoms with Gasteiger partial charge in [-0.05, 0) is 58.2 Å². The molecule has 0 bridgehead atoms. The second-order valence-corrected chi connectivity index (χ2v) is 7.93. The lowest BCUT2D eigenvalue weighted by Crippen LogP contribution is -2.28. The molecule has 2 N–H and O–H groups in total. The van der Waals surface area contributed by atoms with Crippen molar-refractivity contribution >= 4 is 45.3 Å². The molecule has 0 saturated heterocycles. The summed E-state index contributed by atoms with van der Waals surface area (Å²) in [6.45, 7) is 2.63. The summed E-state index contributed by atoms with van der Waals surface area (Å²) in [7, 11) is 0. The fourth-order valence-corrected chi connectivity index (χ4v) is 3.53. The molecule has 32 heavy (non-hydrogen) atoms. The van der Waals surface area contributed by atoms with Gasteiger partial charge < -0.3 is 14.8 Å². The second kappa shape index (κ2) is 12.1. The van der Waals surface area contributed by atoms with Crippen LogP contribution in [-0.4, -0.2) is 25.3 Å². The van der Waals surface area contributed by atoms with Crippen LogP contribution >= 0.6 is 27.5 Å². The largest absolute Gasteiger partial charge is 0.490 e. The van der Waals surface area contributed by atoms with E-state index in [1.807, 2.05) is 61.5 Å². The van der Waals surface area contributed by atoms with E-state index < -0.39 is 0 Å². The summed E-state index contributed by atoms with van der Waals surface area (Å²) in [4.78, 5) is 12.2. The standard InChI is InChI=1S/C24H23BrClN3O3/c1-2-31-22-13-18(15-28-29-21-11-7-6-10-20(21)26)12-19(25)24(22)32-16-23(30)27-14-17-8-4-3-5-9-17/h3-13,15,29H,2,14,16H2,1H3,(H,27,30)/b28-15-. The molecule has 0 heterocycles. The zero-order valence-electron chi connectivity index (χ0n) is 17.5. The monoisotopic (exact) mass is 515 g/mol. The molecule has 0 aromatic heterocycles. The van der Waals surface area contributed by atoms with Gasteiger partial charge in [-0.2, -0.15) is 5.10 Å². The van der Waals surface area contributed by atoms with Crippen LogP contribution in [0.1, 0.15) is 18.1 Å². The number of anilines is 1. The third-order valence-corrected chi connectivity index (χ3v) is 5.20. The molecule has 3 rings (SSSR count). The van der Waals surface area contributed by atoms with Gasteiger partial charge in [0, 0.05) is 6.54 Å². The van der Waals surface area contributed by atoms with Crippen LogP contribution in [0.15, 0.2) is 76.3 Å². The van der Waals surface area contributed by atoms with Gasteiger partial charge in [0.25, 0.3) is 5.91 Å². The molecule has 0 unspecified atom stereocenters. The minimum atomic E-state index is -0.224. The molecule has 0 fully saturated rings. The Hall–Kier alpha value is -3.03. The first-order chi connectivity index (χ1) is 15.6. The van der Waals surface area contributed by atoms with Crippen LogP contribution in [0, 0.1) is 0 Å². The molecular weight excluding hydrogens is 494 g/mol. The number of carbonyl (C=O) groups is 1. The van der Waals surface area contributed by atoms with Crippen LogP contribution < -0.4 is 20.2 Å². The van der Waals surface area contributed by atoms with Crippen LogP contribution in [-0.2, 0) is 11.3 Å². The predicted octanol–water partition coefficient (Wildman–Crippen LogP) is 5.64. The average molecular weight is 517 g/mol. The number of hydrogen-bond donors (Lipinski definition) is 2. The minimum Gasteiger partial charge on any atom is -0.490 e. The molecule has 3 aromatic rings. The molecule has 1 amide bonds. The first-order valence-corrected chi connectivity index (χ1v) is 11.2. The molecule has 0 aliphatic heterocycles. The van der Waals surface area contributed by atoms with Crippen LogP contribution in [0.4, 0.5) is 5.69 Å². The maximum Gasteiger partial charge on any atom is 0.258 e. The van der Waals surface area contributed by atoms with Gasteiger partial charge in [0.1, 0.15) is 0 Å². The smallest absolute Gasteiger partial charge is 0.258 e.